The largest absolute Gasteiger partial charge is 0.370 e. The number of carbonyl (C=O) groups is 1. The Balaban J connectivity index is 2.10. The van der Waals surface area contributed by atoms with Crippen LogP contribution in [0, 0.1) is 0 Å². The van der Waals surface area contributed by atoms with Gasteiger partial charge >= 0.3 is 0 Å². The predicted octanol–water partition coefficient (Wildman–Crippen LogP) is 1.96. The second-order valence-corrected chi connectivity index (χ2v) is 4.98. The standard InChI is InChI=1S/C16H17N5O/c1-2-9-21-13-6-4-3-5-12(13)19-16(21)15-18-8-11-20(15)10-7-14(17)22/h2-6,8,11H,1,7,9-10H2,(H2,17,22). The van der Waals surface area contributed by atoms with Crippen LogP contribution < -0.4 is 5.73 Å². The van der Waals surface area contributed by atoms with Gasteiger partial charge < -0.3 is 14.9 Å². The summed E-state index contributed by atoms with van der Waals surface area (Å²) in [5.74, 6) is 1.15. The fourth-order valence-corrected chi connectivity index (χ4v) is 2.49. The highest BCUT2D eigenvalue weighted by molar-refractivity contribution is 5.79. The van der Waals surface area contributed by atoms with Gasteiger partial charge in [0.25, 0.3) is 0 Å². The van der Waals surface area contributed by atoms with Crippen molar-refractivity contribution in [3.63, 3.8) is 0 Å². The summed E-state index contributed by atoms with van der Waals surface area (Å²) in [4.78, 5) is 20.1. The van der Waals surface area contributed by atoms with Gasteiger partial charge in [-0.05, 0) is 12.1 Å². The fraction of sp³-hybridized carbons (Fsp3) is 0.188. The molecule has 0 saturated carbocycles. The van der Waals surface area contributed by atoms with E-state index in [-0.39, 0.29) is 12.3 Å². The summed E-state index contributed by atoms with van der Waals surface area (Å²) in [6.45, 7) is 4.94. The number of imidazole rings is 2. The number of fused-ring (bicyclic) bond motifs is 1. The highest BCUT2D eigenvalue weighted by Gasteiger charge is 2.16. The first-order valence-electron chi connectivity index (χ1n) is 7.06. The number of carbonyl (C=O) groups excluding carboxylic acids is 1. The van der Waals surface area contributed by atoms with Gasteiger partial charge in [0, 0.05) is 31.9 Å². The van der Waals surface area contributed by atoms with E-state index in [1.54, 1.807) is 6.20 Å². The SMILES string of the molecule is C=CCn1c(-c2nccn2CCC(N)=O)nc2ccccc21. The van der Waals surface area contributed by atoms with Gasteiger partial charge in [-0.25, -0.2) is 9.97 Å². The number of nitrogens with zero attached hydrogens (tertiary/aromatic N) is 4. The summed E-state index contributed by atoms with van der Waals surface area (Å²) >= 11 is 0. The Morgan fingerprint density at radius 1 is 1.32 bits per heavy atom. The second kappa shape index (κ2) is 5.85. The molecule has 3 rings (SSSR count). The van der Waals surface area contributed by atoms with Crippen LogP contribution in [-0.2, 0) is 17.9 Å². The van der Waals surface area contributed by atoms with Gasteiger partial charge in [-0.15, -0.1) is 6.58 Å². The lowest BCUT2D eigenvalue weighted by molar-refractivity contribution is -0.118. The Labute approximate surface area is 127 Å². The van der Waals surface area contributed by atoms with Crippen molar-refractivity contribution in [3.8, 4) is 11.6 Å². The van der Waals surface area contributed by atoms with E-state index in [4.69, 9.17) is 5.73 Å². The molecule has 6 heteroatoms. The summed E-state index contributed by atoms with van der Waals surface area (Å²) in [6.07, 6.45) is 5.63. The van der Waals surface area contributed by atoms with E-state index in [2.05, 4.69) is 21.1 Å². The molecule has 0 radical (unpaired) electrons. The molecule has 0 unspecified atom stereocenters. The molecule has 1 amide bonds. The highest BCUT2D eigenvalue weighted by Crippen LogP contribution is 2.24. The number of aromatic nitrogens is 4. The molecule has 0 aliphatic rings. The molecule has 0 fully saturated rings. The molecule has 0 aliphatic heterocycles. The highest BCUT2D eigenvalue weighted by atomic mass is 16.1. The van der Waals surface area contributed by atoms with E-state index in [0.29, 0.717) is 13.1 Å². The van der Waals surface area contributed by atoms with Crippen molar-refractivity contribution in [2.45, 2.75) is 19.5 Å². The van der Waals surface area contributed by atoms with Crippen molar-refractivity contribution >= 4 is 16.9 Å². The second-order valence-electron chi connectivity index (χ2n) is 4.98. The average Bonchev–Trinajstić information content (AvgIpc) is 3.10. The van der Waals surface area contributed by atoms with Crippen molar-refractivity contribution in [1.82, 2.24) is 19.1 Å². The zero-order chi connectivity index (χ0) is 15.5. The van der Waals surface area contributed by atoms with Gasteiger partial charge in [-0.3, -0.25) is 4.79 Å². The first-order chi connectivity index (χ1) is 10.7. The lowest BCUT2D eigenvalue weighted by Crippen LogP contribution is -2.14. The Morgan fingerprint density at radius 2 is 2.14 bits per heavy atom. The maximum Gasteiger partial charge on any atom is 0.219 e. The fourth-order valence-electron chi connectivity index (χ4n) is 2.49. The number of para-hydroxylation sites is 2. The van der Waals surface area contributed by atoms with E-state index >= 15 is 0 Å². The number of aryl methyl sites for hydroxylation is 1. The van der Waals surface area contributed by atoms with Gasteiger partial charge in [-0.2, -0.15) is 0 Å². The lowest BCUT2D eigenvalue weighted by atomic mass is 10.3. The van der Waals surface area contributed by atoms with Gasteiger partial charge in [-0.1, -0.05) is 18.2 Å². The minimum absolute atomic E-state index is 0.269. The van der Waals surface area contributed by atoms with Crippen molar-refractivity contribution in [2.24, 2.45) is 5.73 Å². The van der Waals surface area contributed by atoms with E-state index in [0.717, 1.165) is 22.7 Å². The Hall–Kier alpha value is -2.89. The zero-order valence-electron chi connectivity index (χ0n) is 12.1. The maximum atomic E-state index is 11.0. The van der Waals surface area contributed by atoms with Crippen LogP contribution in [0.3, 0.4) is 0 Å². The average molecular weight is 295 g/mol. The Kier molecular flexibility index (Phi) is 3.74. The molecule has 6 nitrogen and oxygen atoms in total. The van der Waals surface area contributed by atoms with Gasteiger partial charge in [0.15, 0.2) is 11.6 Å². The van der Waals surface area contributed by atoms with Crippen LogP contribution in [0.5, 0.6) is 0 Å². The van der Waals surface area contributed by atoms with Crippen LogP contribution in [0.15, 0.2) is 49.3 Å². The molecule has 2 N–H and O–H groups in total. The minimum Gasteiger partial charge on any atom is -0.370 e. The number of allylic oxidation sites excluding steroid dienone is 1. The van der Waals surface area contributed by atoms with Crippen LogP contribution >= 0.6 is 0 Å². The van der Waals surface area contributed by atoms with E-state index in [1.165, 1.54) is 0 Å². The molecule has 2 aromatic heterocycles. The molecule has 0 saturated heterocycles. The Morgan fingerprint density at radius 3 is 2.91 bits per heavy atom. The number of benzene rings is 1. The molecule has 22 heavy (non-hydrogen) atoms. The molecular weight excluding hydrogens is 278 g/mol. The third kappa shape index (κ3) is 2.50. The summed E-state index contributed by atoms with van der Waals surface area (Å²) in [5.41, 5.74) is 7.17. The molecule has 0 atom stereocenters. The summed E-state index contributed by atoms with van der Waals surface area (Å²) in [5, 5.41) is 0. The third-order valence-electron chi connectivity index (χ3n) is 3.48. The molecule has 0 aliphatic carbocycles. The van der Waals surface area contributed by atoms with Crippen LogP contribution in [0.2, 0.25) is 0 Å². The monoisotopic (exact) mass is 295 g/mol. The van der Waals surface area contributed by atoms with Crippen LogP contribution in [-0.4, -0.2) is 25.0 Å². The van der Waals surface area contributed by atoms with Crippen LogP contribution in [0.4, 0.5) is 0 Å². The third-order valence-corrected chi connectivity index (χ3v) is 3.48. The van der Waals surface area contributed by atoms with Crippen molar-refractivity contribution < 1.29 is 4.79 Å². The quantitative estimate of drug-likeness (QED) is 0.706. The first kappa shape index (κ1) is 14.1. The topological polar surface area (TPSA) is 78.7 Å². The van der Waals surface area contributed by atoms with Crippen LogP contribution in [0.25, 0.3) is 22.7 Å². The zero-order valence-corrected chi connectivity index (χ0v) is 12.1. The first-order valence-corrected chi connectivity index (χ1v) is 7.06. The summed E-state index contributed by atoms with van der Waals surface area (Å²) in [6, 6.07) is 7.92. The normalized spacial score (nSPS) is 10.9. The van der Waals surface area contributed by atoms with Gasteiger partial charge in [0.05, 0.1) is 11.0 Å². The molecular formula is C16H17N5O. The van der Waals surface area contributed by atoms with Crippen molar-refractivity contribution in [3.05, 3.63) is 49.3 Å². The molecule has 2 heterocycles. The molecule has 1 aromatic carbocycles. The Bertz CT molecular complexity index is 830. The predicted molar refractivity (Wildman–Crippen MR) is 85.0 cm³/mol. The molecule has 3 aromatic rings. The molecule has 0 spiro atoms. The number of primary amides is 1. The van der Waals surface area contributed by atoms with Crippen LogP contribution in [0.1, 0.15) is 6.42 Å². The van der Waals surface area contributed by atoms with Crippen molar-refractivity contribution in [1.29, 1.82) is 0 Å². The smallest absolute Gasteiger partial charge is 0.219 e. The van der Waals surface area contributed by atoms with E-state index < -0.39 is 0 Å². The van der Waals surface area contributed by atoms with Gasteiger partial charge in [0.1, 0.15) is 0 Å². The lowest BCUT2D eigenvalue weighted by Gasteiger charge is -2.08. The van der Waals surface area contributed by atoms with E-state index in [1.807, 2.05) is 41.1 Å². The van der Waals surface area contributed by atoms with Gasteiger partial charge in [0.2, 0.25) is 5.91 Å². The molecule has 0 bridgehead atoms. The number of hydrogen-bond donors (Lipinski definition) is 1. The number of rotatable bonds is 6. The summed E-state index contributed by atoms with van der Waals surface area (Å²) in [7, 11) is 0. The summed E-state index contributed by atoms with van der Waals surface area (Å²) < 4.78 is 3.96. The minimum atomic E-state index is -0.334. The molecule has 112 valence electrons. The van der Waals surface area contributed by atoms with E-state index in [9.17, 15) is 4.79 Å². The maximum absolute atomic E-state index is 11.0. The number of hydrogen-bond acceptors (Lipinski definition) is 3. The number of amides is 1. The van der Waals surface area contributed by atoms with Crippen molar-refractivity contribution in [2.75, 3.05) is 0 Å². The number of nitrogens with two attached hydrogens (primary N) is 1.